The smallest absolute Gasteiger partial charge is 0.207 e. The Morgan fingerprint density at radius 2 is 2.19 bits per heavy atom. The standard InChI is InChI=1S/C19H19ClN6/c20-16-4-1-5-17-18(16)24-19(25-8-2-3-14(22)11-25)26(17)12-15-7-6-13(9-21)10-23-15/h1,4-7,10,14H,2-3,8,11-12,22H2. The molecule has 0 bridgehead atoms. The molecule has 1 aromatic carbocycles. The number of imidazole rings is 1. The Balaban J connectivity index is 1.78. The zero-order valence-corrected chi connectivity index (χ0v) is 15.0. The quantitative estimate of drug-likeness (QED) is 0.770. The van der Waals surface area contributed by atoms with Crippen molar-refractivity contribution >= 4 is 28.6 Å². The minimum atomic E-state index is 0.153. The van der Waals surface area contributed by atoms with Crippen molar-refractivity contribution in [2.45, 2.75) is 25.4 Å². The summed E-state index contributed by atoms with van der Waals surface area (Å²) in [6.07, 6.45) is 3.68. The number of benzene rings is 1. The van der Waals surface area contributed by atoms with Crippen LogP contribution in [0, 0.1) is 11.3 Å². The number of piperidine rings is 1. The summed E-state index contributed by atoms with van der Waals surface area (Å²) in [5, 5.41) is 9.59. The number of nitrogens with zero attached hydrogens (tertiary/aromatic N) is 5. The lowest BCUT2D eigenvalue weighted by Gasteiger charge is -2.32. The average Bonchev–Trinajstić information content (AvgIpc) is 3.02. The van der Waals surface area contributed by atoms with Gasteiger partial charge >= 0.3 is 0 Å². The van der Waals surface area contributed by atoms with Gasteiger partial charge in [-0.05, 0) is 37.1 Å². The fraction of sp³-hybridized carbons (Fsp3) is 0.316. The molecule has 0 aliphatic carbocycles. The topological polar surface area (TPSA) is 83.8 Å². The van der Waals surface area contributed by atoms with Crippen LogP contribution in [0.2, 0.25) is 5.02 Å². The van der Waals surface area contributed by atoms with Gasteiger partial charge in [0.15, 0.2) is 0 Å². The van der Waals surface area contributed by atoms with E-state index in [2.05, 4.69) is 20.5 Å². The molecule has 1 saturated heterocycles. The second kappa shape index (κ2) is 6.94. The third-order valence-corrected chi connectivity index (χ3v) is 5.03. The molecular weight excluding hydrogens is 348 g/mol. The molecular formula is C19H19ClN6. The van der Waals surface area contributed by atoms with Gasteiger partial charge in [-0.15, -0.1) is 0 Å². The monoisotopic (exact) mass is 366 g/mol. The van der Waals surface area contributed by atoms with Crippen molar-refractivity contribution in [3.63, 3.8) is 0 Å². The van der Waals surface area contributed by atoms with Crippen molar-refractivity contribution in [1.82, 2.24) is 14.5 Å². The Kier molecular flexibility index (Phi) is 4.49. The minimum Gasteiger partial charge on any atom is -0.341 e. The van der Waals surface area contributed by atoms with Crippen molar-refractivity contribution < 1.29 is 0 Å². The fourth-order valence-electron chi connectivity index (χ4n) is 3.44. The van der Waals surface area contributed by atoms with E-state index in [9.17, 15) is 0 Å². The molecule has 132 valence electrons. The summed E-state index contributed by atoms with van der Waals surface area (Å²) in [6, 6.07) is 11.7. The maximum absolute atomic E-state index is 8.96. The number of nitriles is 1. The van der Waals surface area contributed by atoms with Gasteiger partial charge in [0, 0.05) is 25.3 Å². The van der Waals surface area contributed by atoms with Crippen molar-refractivity contribution in [1.29, 1.82) is 5.26 Å². The summed E-state index contributed by atoms with van der Waals surface area (Å²) < 4.78 is 2.13. The molecule has 1 aliphatic rings. The van der Waals surface area contributed by atoms with E-state index in [-0.39, 0.29) is 6.04 Å². The number of pyridine rings is 1. The molecule has 6 nitrogen and oxygen atoms in total. The number of para-hydroxylation sites is 1. The predicted molar refractivity (Wildman–Crippen MR) is 102 cm³/mol. The molecule has 7 heteroatoms. The second-order valence-corrected chi connectivity index (χ2v) is 7.01. The van der Waals surface area contributed by atoms with E-state index in [1.54, 1.807) is 12.3 Å². The van der Waals surface area contributed by atoms with E-state index < -0.39 is 0 Å². The first-order valence-corrected chi connectivity index (χ1v) is 9.04. The highest BCUT2D eigenvalue weighted by atomic mass is 35.5. The van der Waals surface area contributed by atoms with E-state index in [0.717, 1.165) is 48.6 Å². The Hall–Kier alpha value is -2.62. The van der Waals surface area contributed by atoms with E-state index in [4.69, 9.17) is 27.6 Å². The first kappa shape index (κ1) is 16.8. The van der Waals surface area contributed by atoms with E-state index >= 15 is 0 Å². The first-order valence-electron chi connectivity index (χ1n) is 8.66. The van der Waals surface area contributed by atoms with Crippen LogP contribution in [0.25, 0.3) is 11.0 Å². The van der Waals surface area contributed by atoms with Crippen LogP contribution in [-0.4, -0.2) is 33.7 Å². The molecule has 3 aromatic rings. The molecule has 1 aliphatic heterocycles. The van der Waals surface area contributed by atoms with Crippen LogP contribution in [0.5, 0.6) is 0 Å². The molecule has 1 atom stereocenters. The highest BCUT2D eigenvalue weighted by Crippen LogP contribution is 2.30. The van der Waals surface area contributed by atoms with Crippen LogP contribution >= 0.6 is 11.6 Å². The molecule has 3 heterocycles. The summed E-state index contributed by atoms with van der Waals surface area (Å²) in [6.45, 7) is 2.26. The van der Waals surface area contributed by atoms with Gasteiger partial charge in [0.25, 0.3) is 0 Å². The van der Waals surface area contributed by atoms with Gasteiger partial charge in [-0.25, -0.2) is 4.98 Å². The van der Waals surface area contributed by atoms with E-state index in [1.807, 2.05) is 24.3 Å². The highest BCUT2D eigenvalue weighted by Gasteiger charge is 2.23. The number of hydrogen-bond acceptors (Lipinski definition) is 5. The van der Waals surface area contributed by atoms with Gasteiger partial charge in [-0.1, -0.05) is 17.7 Å². The minimum absolute atomic E-state index is 0.153. The maximum atomic E-state index is 8.96. The largest absolute Gasteiger partial charge is 0.341 e. The Labute approximate surface area is 156 Å². The number of rotatable bonds is 3. The third kappa shape index (κ3) is 3.12. The first-order chi connectivity index (χ1) is 12.7. The molecule has 26 heavy (non-hydrogen) atoms. The lowest BCUT2D eigenvalue weighted by molar-refractivity contribution is 0.495. The fourth-order valence-corrected chi connectivity index (χ4v) is 3.65. The van der Waals surface area contributed by atoms with Crippen LogP contribution in [0.1, 0.15) is 24.1 Å². The Morgan fingerprint density at radius 3 is 2.92 bits per heavy atom. The van der Waals surface area contributed by atoms with Gasteiger partial charge in [-0.3, -0.25) is 4.98 Å². The Bertz CT molecular complexity index is 972. The van der Waals surface area contributed by atoms with Crippen molar-refractivity contribution in [2.75, 3.05) is 18.0 Å². The number of nitrogens with two attached hydrogens (primary N) is 1. The van der Waals surface area contributed by atoms with Crippen LogP contribution in [0.3, 0.4) is 0 Å². The summed E-state index contributed by atoms with van der Waals surface area (Å²) in [7, 11) is 0. The molecule has 1 unspecified atom stereocenters. The van der Waals surface area contributed by atoms with Crippen molar-refractivity contribution in [2.24, 2.45) is 5.73 Å². The SMILES string of the molecule is N#Cc1ccc(Cn2c(N3CCCC(N)C3)nc3c(Cl)cccc32)nc1. The summed E-state index contributed by atoms with van der Waals surface area (Å²) >= 11 is 6.38. The lowest BCUT2D eigenvalue weighted by atomic mass is 10.1. The van der Waals surface area contributed by atoms with Crippen molar-refractivity contribution in [3.8, 4) is 6.07 Å². The molecule has 0 spiro atoms. The molecule has 2 aromatic heterocycles. The molecule has 0 saturated carbocycles. The zero-order valence-electron chi connectivity index (χ0n) is 14.3. The zero-order chi connectivity index (χ0) is 18.1. The van der Waals surface area contributed by atoms with E-state index in [1.165, 1.54) is 0 Å². The van der Waals surface area contributed by atoms with Gasteiger partial charge in [0.05, 0.1) is 28.3 Å². The summed E-state index contributed by atoms with van der Waals surface area (Å²) in [5.74, 6) is 0.870. The summed E-state index contributed by atoms with van der Waals surface area (Å²) in [4.78, 5) is 11.5. The normalized spacial score (nSPS) is 17.4. The molecule has 2 N–H and O–H groups in total. The molecule has 1 fully saturated rings. The van der Waals surface area contributed by atoms with Gasteiger partial charge in [-0.2, -0.15) is 5.26 Å². The third-order valence-electron chi connectivity index (χ3n) is 4.72. The Morgan fingerprint density at radius 1 is 1.31 bits per heavy atom. The molecule has 4 rings (SSSR count). The number of anilines is 1. The average molecular weight is 367 g/mol. The van der Waals surface area contributed by atoms with Crippen molar-refractivity contribution in [3.05, 3.63) is 52.8 Å². The van der Waals surface area contributed by atoms with Gasteiger partial charge in [0.1, 0.15) is 11.6 Å². The lowest BCUT2D eigenvalue weighted by Crippen LogP contribution is -2.44. The van der Waals surface area contributed by atoms with E-state index in [0.29, 0.717) is 17.1 Å². The van der Waals surface area contributed by atoms with Crippen LogP contribution in [0.4, 0.5) is 5.95 Å². The number of hydrogen-bond donors (Lipinski definition) is 1. The van der Waals surface area contributed by atoms with Gasteiger partial charge < -0.3 is 15.2 Å². The number of fused-ring (bicyclic) bond motifs is 1. The van der Waals surface area contributed by atoms with Gasteiger partial charge in [0.2, 0.25) is 5.95 Å². The van der Waals surface area contributed by atoms with Crippen LogP contribution in [-0.2, 0) is 6.54 Å². The summed E-state index contributed by atoms with van der Waals surface area (Å²) in [5.41, 5.74) is 9.35. The highest BCUT2D eigenvalue weighted by molar-refractivity contribution is 6.35. The second-order valence-electron chi connectivity index (χ2n) is 6.60. The predicted octanol–water partition coefficient (Wildman–Crippen LogP) is 2.93. The maximum Gasteiger partial charge on any atom is 0.207 e. The van der Waals surface area contributed by atoms with Crippen LogP contribution in [0.15, 0.2) is 36.5 Å². The molecule has 0 amide bonds. The number of aromatic nitrogens is 3. The molecule has 0 radical (unpaired) electrons. The van der Waals surface area contributed by atoms with Crippen LogP contribution < -0.4 is 10.6 Å². The number of halogens is 1.